The molecule has 11 heavy (non-hydrogen) atoms. The van der Waals surface area contributed by atoms with E-state index in [2.05, 4.69) is 26.0 Å². The first-order valence-corrected chi connectivity index (χ1v) is 4.82. The Balaban J connectivity index is 2.79. The normalized spacial score (nSPS) is 11.1. The highest BCUT2D eigenvalue weighted by atomic mass is 13.9. The molecule has 0 heteroatoms. The van der Waals surface area contributed by atoms with E-state index in [1.807, 2.05) is 0 Å². The van der Waals surface area contributed by atoms with Crippen LogP contribution < -0.4 is 0 Å². The summed E-state index contributed by atoms with van der Waals surface area (Å²) < 4.78 is 0. The van der Waals surface area contributed by atoms with Crippen molar-refractivity contribution in [3.8, 4) is 0 Å². The van der Waals surface area contributed by atoms with Crippen LogP contribution in [0.2, 0.25) is 0 Å². The van der Waals surface area contributed by atoms with Crippen molar-refractivity contribution in [1.82, 2.24) is 0 Å². The third-order valence-electron chi connectivity index (χ3n) is 1.86. The van der Waals surface area contributed by atoms with Gasteiger partial charge in [0.05, 0.1) is 0 Å². The van der Waals surface area contributed by atoms with Crippen molar-refractivity contribution in [1.29, 1.82) is 0 Å². The summed E-state index contributed by atoms with van der Waals surface area (Å²) in [5.74, 6) is 0. The quantitative estimate of drug-likeness (QED) is 0.381. The van der Waals surface area contributed by atoms with E-state index < -0.39 is 0 Å². The van der Waals surface area contributed by atoms with Gasteiger partial charge in [-0.3, -0.25) is 0 Å². The highest BCUT2D eigenvalue weighted by molar-refractivity contribution is 4.76. The number of allylic oxidation sites excluding steroid dienone is 2. The van der Waals surface area contributed by atoms with Gasteiger partial charge in [0.1, 0.15) is 0 Å². The largest absolute Gasteiger partial charge is 0.0917 e. The Kier molecular flexibility index (Phi) is 9.51. The van der Waals surface area contributed by atoms with Crippen molar-refractivity contribution < 1.29 is 0 Å². The second-order valence-electron chi connectivity index (χ2n) is 2.98. The van der Waals surface area contributed by atoms with Crippen LogP contribution in [0.1, 0.15) is 51.9 Å². The van der Waals surface area contributed by atoms with Crippen LogP contribution >= 0.6 is 0 Å². The zero-order valence-electron chi connectivity index (χ0n) is 7.81. The molecule has 0 aromatic carbocycles. The molecule has 0 spiro atoms. The van der Waals surface area contributed by atoms with Crippen LogP contribution in [-0.2, 0) is 0 Å². The van der Waals surface area contributed by atoms with E-state index in [4.69, 9.17) is 0 Å². The molecule has 0 aliphatic rings. The van der Waals surface area contributed by atoms with Crippen molar-refractivity contribution >= 4 is 0 Å². The monoisotopic (exact) mass is 153 g/mol. The molecule has 0 nitrogen and oxygen atoms in total. The van der Waals surface area contributed by atoms with Gasteiger partial charge >= 0.3 is 0 Å². The molecule has 0 aromatic heterocycles. The molecular formula is C11H21. The Morgan fingerprint density at radius 1 is 1.00 bits per heavy atom. The Morgan fingerprint density at radius 2 is 1.64 bits per heavy atom. The lowest BCUT2D eigenvalue weighted by atomic mass is 10.1. The number of hydrogen-bond acceptors (Lipinski definition) is 0. The molecule has 0 aliphatic heterocycles. The van der Waals surface area contributed by atoms with Crippen LogP contribution in [0, 0.1) is 6.92 Å². The molecule has 0 saturated carbocycles. The van der Waals surface area contributed by atoms with E-state index >= 15 is 0 Å². The van der Waals surface area contributed by atoms with Crippen LogP contribution in [0.4, 0.5) is 0 Å². The Bertz CT molecular complexity index is 82.0. The van der Waals surface area contributed by atoms with Crippen LogP contribution in [0.3, 0.4) is 0 Å². The minimum atomic E-state index is 1.11. The molecule has 1 radical (unpaired) electrons. The highest BCUT2D eigenvalue weighted by Gasteiger charge is 1.86. The van der Waals surface area contributed by atoms with Crippen molar-refractivity contribution in [2.45, 2.75) is 51.9 Å². The summed E-state index contributed by atoms with van der Waals surface area (Å²) in [5.41, 5.74) is 0. The molecule has 0 N–H and O–H groups in total. The fourth-order valence-corrected chi connectivity index (χ4v) is 1.14. The van der Waals surface area contributed by atoms with Gasteiger partial charge in [0.15, 0.2) is 0 Å². The lowest BCUT2D eigenvalue weighted by molar-refractivity contribution is 0.621. The molecule has 0 aliphatic carbocycles. The van der Waals surface area contributed by atoms with Gasteiger partial charge in [0, 0.05) is 0 Å². The predicted octanol–water partition coefficient (Wildman–Crippen LogP) is 4.13. The minimum absolute atomic E-state index is 1.11. The molecular weight excluding hydrogens is 132 g/mol. The maximum atomic E-state index is 3.82. The molecule has 0 bridgehead atoms. The van der Waals surface area contributed by atoms with E-state index in [9.17, 15) is 0 Å². The van der Waals surface area contributed by atoms with E-state index in [-0.39, 0.29) is 0 Å². The van der Waals surface area contributed by atoms with E-state index in [0.29, 0.717) is 0 Å². The molecule has 0 saturated heterocycles. The molecule has 0 aromatic rings. The fourth-order valence-electron chi connectivity index (χ4n) is 1.14. The third-order valence-corrected chi connectivity index (χ3v) is 1.86. The summed E-state index contributed by atoms with van der Waals surface area (Å²) in [6, 6.07) is 0. The molecule has 0 unspecified atom stereocenters. The van der Waals surface area contributed by atoms with Gasteiger partial charge in [-0.25, -0.2) is 0 Å². The average Bonchev–Trinajstić information content (AvgIpc) is 2.03. The standard InChI is InChI=1S/C11H21/c1-3-5-7-9-11-10-8-6-4-2/h4,6H,1,3,5,7-11H2,2H3/b6-4-. The smallest absolute Gasteiger partial charge is 0.0351 e. The maximum absolute atomic E-state index is 3.82. The van der Waals surface area contributed by atoms with Crippen LogP contribution in [0.25, 0.3) is 0 Å². The lowest BCUT2D eigenvalue weighted by Gasteiger charge is -1.96. The minimum Gasteiger partial charge on any atom is -0.0917 e. The first-order valence-electron chi connectivity index (χ1n) is 4.82. The topological polar surface area (TPSA) is 0 Å². The average molecular weight is 153 g/mol. The van der Waals surface area contributed by atoms with Crippen molar-refractivity contribution in [2.24, 2.45) is 0 Å². The number of unbranched alkanes of at least 4 members (excludes halogenated alkanes) is 6. The van der Waals surface area contributed by atoms with Crippen LogP contribution in [0.15, 0.2) is 12.2 Å². The van der Waals surface area contributed by atoms with E-state index in [1.165, 1.54) is 38.5 Å². The maximum Gasteiger partial charge on any atom is -0.0351 e. The molecule has 65 valence electrons. The Morgan fingerprint density at radius 3 is 2.27 bits per heavy atom. The summed E-state index contributed by atoms with van der Waals surface area (Å²) in [5, 5.41) is 0. The Labute approximate surface area is 71.7 Å². The highest BCUT2D eigenvalue weighted by Crippen LogP contribution is 2.06. The summed E-state index contributed by atoms with van der Waals surface area (Å²) >= 11 is 0. The SMILES string of the molecule is [CH2]CCCCCCC/C=C\C. The zero-order valence-corrected chi connectivity index (χ0v) is 7.81. The van der Waals surface area contributed by atoms with Gasteiger partial charge in [0.25, 0.3) is 0 Å². The predicted molar refractivity (Wildman–Crippen MR) is 52.5 cm³/mol. The fraction of sp³-hybridized carbons (Fsp3) is 0.727. The van der Waals surface area contributed by atoms with Gasteiger partial charge in [-0.1, -0.05) is 51.2 Å². The Hall–Kier alpha value is -0.260. The second kappa shape index (κ2) is 9.74. The molecule has 0 heterocycles. The second-order valence-corrected chi connectivity index (χ2v) is 2.98. The molecule has 0 fully saturated rings. The third kappa shape index (κ3) is 9.74. The molecule has 0 rings (SSSR count). The number of rotatable bonds is 7. The summed E-state index contributed by atoms with van der Waals surface area (Å²) in [6.07, 6.45) is 13.6. The van der Waals surface area contributed by atoms with Crippen molar-refractivity contribution in [3.05, 3.63) is 19.1 Å². The summed E-state index contributed by atoms with van der Waals surface area (Å²) in [6.45, 7) is 5.91. The van der Waals surface area contributed by atoms with Crippen molar-refractivity contribution in [2.75, 3.05) is 0 Å². The number of hydrogen-bond donors (Lipinski definition) is 0. The molecule has 0 atom stereocenters. The van der Waals surface area contributed by atoms with Gasteiger partial charge in [-0.15, -0.1) is 0 Å². The molecule has 0 amide bonds. The van der Waals surface area contributed by atoms with Gasteiger partial charge in [-0.05, 0) is 19.8 Å². The van der Waals surface area contributed by atoms with E-state index in [1.54, 1.807) is 0 Å². The van der Waals surface area contributed by atoms with Crippen molar-refractivity contribution in [3.63, 3.8) is 0 Å². The van der Waals surface area contributed by atoms with E-state index in [0.717, 1.165) is 6.42 Å². The lowest BCUT2D eigenvalue weighted by Crippen LogP contribution is -1.77. The van der Waals surface area contributed by atoms with Crippen LogP contribution in [-0.4, -0.2) is 0 Å². The van der Waals surface area contributed by atoms with Gasteiger partial charge in [-0.2, -0.15) is 0 Å². The van der Waals surface area contributed by atoms with Crippen LogP contribution in [0.5, 0.6) is 0 Å². The summed E-state index contributed by atoms with van der Waals surface area (Å²) in [7, 11) is 0. The summed E-state index contributed by atoms with van der Waals surface area (Å²) in [4.78, 5) is 0. The first kappa shape index (κ1) is 10.7. The first-order chi connectivity index (χ1) is 5.41. The van der Waals surface area contributed by atoms with Gasteiger partial charge < -0.3 is 0 Å². The zero-order chi connectivity index (χ0) is 8.36. The van der Waals surface area contributed by atoms with Gasteiger partial charge in [0.2, 0.25) is 0 Å².